The molecule has 2 aromatic carbocycles. The van der Waals surface area contributed by atoms with Gasteiger partial charge in [-0.15, -0.1) is 0 Å². The molecule has 30 heavy (non-hydrogen) atoms. The second-order valence-corrected chi connectivity index (χ2v) is 6.80. The Labute approximate surface area is 169 Å². The lowest BCUT2D eigenvalue weighted by Crippen LogP contribution is -2.12. The first-order chi connectivity index (χ1) is 14.6. The van der Waals surface area contributed by atoms with Gasteiger partial charge in [0.15, 0.2) is 5.69 Å². The third-order valence-corrected chi connectivity index (χ3v) is 4.86. The number of benzene rings is 2. The molecule has 5 N–H and O–H groups in total. The predicted octanol–water partition coefficient (Wildman–Crippen LogP) is 3.30. The predicted molar refractivity (Wildman–Crippen MR) is 116 cm³/mol. The van der Waals surface area contributed by atoms with Gasteiger partial charge in [0.25, 0.3) is 11.5 Å². The Bertz CT molecular complexity index is 1470. The van der Waals surface area contributed by atoms with Crippen molar-refractivity contribution < 1.29 is 4.79 Å². The van der Waals surface area contributed by atoms with Crippen LogP contribution in [0.15, 0.2) is 71.8 Å². The molecule has 0 saturated carbocycles. The smallest absolute Gasteiger partial charge is 0.276 e. The van der Waals surface area contributed by atoms with E-state index in [1.807, 2.05) is 18.2 Å². The van der Waals surface area contributed by atoms with Crippen molar-refractivity contribution in [1.29, 1.82) is 0 Å². The zero-order valence-corrected chi connectivity index (χ0v) is 15.6. The number of pyridine rings is 1. The number of amides is 1. The van der Waals surface area contributed by atoms with E-state index in [0.717, 1.165) is 0 Å². The fraction of sp³-hybridized carbons (Fsp3) is 0. The molecule has 0 atom stereocenters. The Hall–Kier alpha value is -4.46. The molecular weight excluding hydrogens is 380 g/mol. The Balaban J connectivity index is 1.57. The van der Waals surface area contributed by atoms with E-state index in [1.165, 1.54) is 0 Å². The number of hydrogen-bond donors (Lipinski definition) is 4. The van der Waals surface area contributed by atoms with Gasteiger partial charge in [-0.05, 0) is 42.5 Å². The zero-order valence-electron chi connectivity index (χ0n) is 15.6. The molecular formula is C22H16N6O2. The minimum absolute atomic E-state index is 0.198. The molecule has 0 radical (unpaired) electrons. The zero-order chi connectivity index (χ0) is 20.7. The number of aromatic nitrogens is 4. The van der Waals surface area contributed by atoms with Crippen LogP contribution in [0.4, 0.5) is 11.4 Å². The van der Waals surface area contributed by atoms with Crippen molar-refractivity contribution in [2.45, 2.75) is 0 Å². The molecule has 0 saturated heterocycles. The van der Waals surface area contributed by atoms with Crippen molar-refractivity contribution >= 4 is 39.2 Å². The standard InChI is InChI=1S/C22H16N6O2/c23-18-14-10-12(21(29)25-13-4-3-9-24-11-13)7-8-15(14)26-19(18)20-22(30)28-17-6-2-1-5-16(17)27-20/h1-11,26H,23H2,(H,25,29)(H,28,30). The van der Waals surface area contributed by atoms with Gasteiger partial charge in [0.1, 0.15) is 0 Å². The average molecular weight is 396 g/mol. The van der Waals surface area contributed by atoms with Crippen molar-refractivity contribution in [1.82, 2.24) is 19.9 Å². The molecule has 8 nitrogen and oxygen atoms in total. The van der Waals surface area contributed by atoms with Crippen LogP contribution in [0.3, 0.4) is 0 Å². The van der Waals surface area contributed by atoms with Crippen LogP contribution in [0.1, 0.15) is 10.4 Å². The first-order valence-electron chi connectivity index (χ1n) is 9.22. The number of nitrogens with two attached hydrogens (primary N) is 1. The lowest BCUT2D eigenvalue weighted by Gasteiger charge is -2.05. The van der Waals surface area contributed by atoms with E-state index in [4.69, 9.17) is 5.73 Å². The summed E-state index contributed by atoms with van der Waals surface area (Å²) in [5.74, 6) is -0.284. The number of carbonyl (C=O) groups is 1. The monoisotopic (exact) mass is 396 g/mol. The molecule has 8 heteroatoms. The van der Waals surface area contributed by atoms with Crippen LogP contribution >= 0.6 is 0 Å². The Morgan fingerprint density at radius 3 is 2.70 bits per heavy atom. The van der Waals surface area contributed by atoms with Crippen LogP contribution in [-0.2, 0) is 0 Å². The van der Waals surface area contributed by atoms with Crippen LogP contribution in [0.25, 0.3) is 33.3 Å². The molecule has 3 aromatic heterocycles. The summed E-state index contributed by atoms with van der Waals surface area (Å²) >= 11 is 0. The summed E-state index contributed by atoms with van der Waals surface area (Å²) in [5.41, 5.74) is 10.0. The van der Waals surface area contributed by atoms with Gasteiger partial charge in [-0.1, -0.05) is 12.1 Å². The number of nitrogens with zero attached hydrogens (tertiary/aromatic N) is 2. The lowest BCUT2D eigenvalue weighted by molar-refractivity contribution is 0.102. The summed E-state index contributed by atoms with van der Waals surface area (Å²) < 4.78 is 0. The van der Waals surface area contributed by atoms with Gasteiger partial charge < -0.3 is 21.0 Å². The number of rotatable bonds is 3. The molecule has 3 heterocycles. The van der Waals surface area contributed by atoms with E-state index in [0.29, 0.717) is 44.6 Å². The van der Waals surface area contributed by atoms with Gasteiger partial charge >= 0.3 is 0 Å². The summed E-state index contributed by atoms with van der Waals surface area (Å²) in [7, 11) is 0. The van der Waals surface area contributed by atoms with Gasteiger partial charge in [0, 0.05) is 22.7 Å². The minimum atomic E-state index is -0.346. The molecule has 5 rings (SSSR count). The van der Waals surface area contributed by atoms with Gasteiger partial charge in [-0.25, -0.2) is 4.98 Å². The molecule has 0 spiro atoms. The fourth-order valence-electron chi connectivity index (χ4n) is 3.38. The van der Waals surface area contributed by atoms with Crippen LogP contribution in [0.5, 0.6) is 0 Å². The summed E-state index contributed by atoms with van der Waals surface area (Å²) in [4.78, 5) is 39.6. The van der Waals surface area contributed by atoms with Crippen molar-refractivity contribution in [2.24, 2.45) is 0 Å². The summed E-state index contributed by atoms with van der Waals surface area (Å²) in [6, 6.07) is 15.9. The average Bonchev–Trinajstić information content (AvgIpc) is 3.09. The number of hydrogen-bond acceptors (Lipinski definition) is 5. The SMILES string of the molecule is Nc1c(-c2nc3ccccc3[nH]c2=O)[nH]c2ccc(C(=O)Nc3cccnc3)cc12. The highest BCUT2D eigenvalue weighted by Crippen LogP contribution is 2.31. The molecule has 5 aromatic rings. The molecule has 1 amide bonds. The quantitative estimate of drug-likeness (QED) is 0.372. The van der Waals surface area contributed by atoms with E-state index in [2.05, 4.69) is 25.3 Å². The highest BCUT2D eigenvalue weighted by molar-refractivity contribution is 6.09. The van der Waals surface area contributed by atoms with Gasteiger partial charge in [-0.3, -0.25) is 14.6 Å². The Morgan fingerprint density at radius 2 is 1.87 bits per heavy atom. The molecule has 0 unspecified atom stereocenters. The van der Waals surface area contributed by atoms with E-state index in [-0.39, 0.29) is 17.2 Å². The van der Waals surface area contributed by atoms with E-state index < -0.39 is 0 Å². The van der Waals surface area contributed by atoms with E-state index >= 15 is 0 Å². The van der Waals surface area contributed by atoms with E-state index in [9.17, 15) is 9.59 Å². The second-order valence-electron chi connectivity index (χ2n) is 6.80. The maximum Gasteiger partial charge on any atom is 0.276 e. The number of aromatic amines is 2. The van der Waals surface area contributed by atoms with Crippen LogP contribution in [-0.4, -0.2) is 25.8 Å². The number of nitrogen functional groups attached to an aromatic ring is 1. The molecule has 0 aliphatic rings. The van der Waals surface area contributed by atoms with Gasteiger partial charge in [0.05, 0.1) is 34.3 Å². The van der Waals surface area contributed by atoms with Crippen molar-refractivity contribution in [2.75, 3.05) is 11.1 Å². The van der Waals surface area contributed by atoms with Crippen molar-refractivity contribution in [3.8, 4) is 11.4 Å². The number of fused-ring (bicyclic) bond motifs is 2. The summed E-state index contributed by atoms with van der Waals surface area (Å²) in [5, 5.41) is 3.43. The number of para-hydroxylation sites is 2. The largest absolute Gasteiger partial charge is 0.396 e. The number of H-pyrrole nitrogens is 2. The van der Waals surface area contributed by atoms with E-state index in [1.54, 1.807) is 48.8 Å². The highest BCUT2D eigenvalue weighted by atomic mass is 16.1. The molecule has 0 aliphatic heterocycles. The van der Waals surface area contributed by atoms with Crippen LogP contribution in [0.2, 0.25) is 0 Å². The minimum Gasteiger partial charge on any atom is -0.396 e. The van der Waals surface area contributed by atoms with Gasteiger partial charge in [0.2, 0.25) is 0 Å². The van der Waals surface area contributed by atoms with Crippen LogP contribution < -0.4 is 16.6 Å². The Kier molecular flexibility index (Phi) is 4.03. The molecule has 0 aliphatic carbocycles. The maximum atomic E-state index is 12.6. The fourth-order valence-corrected chi connectivity index (χ4v) is 3.38. The maximum absolute atomic E-state index is 12.6. The number of anilines is 2. The normalized spacial score (nSPS) is 11.1. The third-order valence-electron chi connectivity index (χ3n) is 4.86. The topological polar surface area (TPSA) is 130 Å². The van der Waals surface area contributed by atoms with Gasteiger partial charge in [-0.2, -0.15) is 0 Å². The van der Waals surface area contributed by atoms with Crippen molar-refractivity contribution in [3.05, 3.63) is 82.9 Å². The lowest BCUT2D eigenvalue weighted by atomic mass is 10.1. The molecule has 146 valence electrons. The van der Waals surface area contributed by atoms with Crippen molar-refractivity contribution in [3.63, 3.8) is 0 Å². The van der Waals surface area contributed by atoms with Crippen LogP contribution in [0, 0.1) is 0 Å². The first-order valence-corrected chi connectivity index (χ1v) is 9.22. The Morgan fingerprint density at radius 1 is 1.00 bits per heavy atom. The molecule has 0 fully saturated rings. The highest BCUT2D eigenvalue weighted by Gasteiger charge is 2.17. The summed E-state index contributed by atoms with van der Waals surface area (Å²) in [6.45, 7) is 0. The first kappa shape index (κ1) is 17.6. The number of carbonyl (C=O) groups excluding carboxylic acids is 1. The second kappa shape index (κ2) is 6.85. The molecule has 0 bridgehead atoms. The number of nitrogens with one attached hydrogen (secondary N) is 3. The summed E-state index contributed by atoms with van der Waals surface area (Å²) in [6.07, 6.45) is 3.20. The third kappa shape index (κ3) is 2.96.